The minimum atomic E-state index is -0.0926. The van der Waals surface area contributed by atoms with Gasteiger partial charge in [-0.3, -0.25) is 14.3 Å². The second-order valence-corrected chi connectivity index (χ2v) is 9.38. The average Bonchev–Trinajstić information content (AvgIpc) is 3.20. The van der Waals surface area contributed by atoms with Crippen LogP contribution in [0.5, 0.6) is 0 Å². The fraction of sp³-hybridized carbons (Fsp3) is 0.440. The van der Waals surface area contributed by atoms with Crippen LogP contribution in [0.25, 0.3) is 0 Å². The van der Waals surface area contributed by atoms with Crippen molar-refractivity contribution in [2.24, 2.45) is 5.92 Å². The van der Waals surface area contributed by atoms with Crippen LogP contribution in [-0.2, 0) is 22.7 Å². The predicted molar refractivity (Wildman–Crippen MR) is 137 cm³/mol. The Morgan fingerprint density at radius 2 is 1.89 bits per heavy atom. The van der Waals surface area contributed by atoms with Crippen molar-refractivity contribution in [3.05, 3.63) is 65.1 Å². The number of hydrogen-bond donors (Lipinski definition) is 1. The summed E-state index contributed by atoms with van der Waals surface area (Å²) in [5.74, 6) is 1.39. The SMILES string of the molecule is O=C(Nc1ccccn1)C1CCCN(Cn2nc(N3CCOCC3)n(Cc3ccccc3)c2=S)C1. The van der Waals surface area contributed by atoms with Gasteiger partial charge >= 0.3 is 0 Å². The first-order valence-electron chi connectivity index (χ1n) is 12.2. The number of benzene rings is 1. The number of likely N-dealkylation sites (tertiary alicyclic amines) is 1. The van der Waals surface area contributed by atoms with Crippen LogP contribution in [0.4, 0.5) is 11.8 Å². The van der Waals surface area contributed by atoms with Crippen LogP contribution < -0.4 is 10.2 Å². The maximum absolute atomic E-state index is 12.9. The Morgan fingerprint density at radius 1 is 1.09 bits per heavy atom. The van der Waals surface area contributed by atoms with Gasteiger partial charge in [0.1, 0.15) is 5.82 Å². The summed E-state index contributed by atoms with van der Waals surface area (Å²) < 4.78 is 10.3. The highest BCUT2D eigenvalue weighted by Gasteiger charge is 2.27. The maximum Gasteiger partial charge on any atom is 0.229 e. The molecule has 0 radical (unpaired) electrons. The molecule has 1 N–H and O–H groups in total. The molecule has 9 nitrogen and oxygen atoms in total. The van der Waals surface area contributed by atoms with Crippen molar-refractivity contribution in [2.45, 2.75) is 26.1 Å². The molecule has 2 saturated heterocycles. The number of carbonyl (C=O) groups is 1. The Balaban J connectivity index is 1.32. The van der Waals surface area contributed by atoms with E-state index in [1.807, 2.05) is 41.1 Å². The number of rotatable bonds is 7. The first kappa shape index (κ1) is 23.7. The summed E-state index contributed by atoms with van der Waals surface area (Å²) in [6.45, 7) is 5.76. The van der Waals surface area contributed by atoms with E-state index in [1.165, 1.54) is 5.56 Å². The van der Waals surface area contributed by atoms with Crippen molar-refractivity contribution >= 4 is 29.9 Å². The first-order chi connectivity index (χ1) is 17.2. The summed E-state index contributed by atoms with van der Waals surface area (Å²) in [6, 6.07) is 15.8. The summed E-state index contributed by atoms with van der Waals surface area (Å²) in [5.41, 5.74) is 1.18. The van der Waals surface area contributed by atoms with E-state index in [4.69, 9.17) is 22.1 Å². The van der Waals surface area contributed by atoms with Crippen LogP contribution in [0.2, 0.25) is 0 Å². The van der Waals surface area contributed by atoms with Crippen molar-refractivity contribution in [3.63, 3.8) is 0 Å². The number of amides is 1. The molecule has 0 aliphatic carbocycles. The van der Waals surface area contributed by atoms with Crippen LogP contribution in [0, 0.1) is 10.7 Å². The molecular weight excluding hydrogens is 462 g/mol. The van der Waals surface area contributed by atoms with Gasteiger partial charge in [-0.15, -0.1) is 5.10 Å². The Kier molecular flexibility index (Phi) is 7.51. The van der Waals surface area contributed by atoms with E-state index in [9.17, 15) is 4.79 Å². The van der Waals surface area contributed by atoms with Gasteiger partial charge in [-0.1, -0.05) is 36.4 Å². The zero-order chi connectivity index (χ0) is 24.0. The highest BCUT2D eigenvalue weighted by molar-refractivity contribution is 7.71. The summed E-state index contributed by atoms with van der Waals surface area (Å²) >= 11 is 5.91. The van der Waals surface area contributed by atoms with Crippen molar-refractivity contribution in [1.29, 1.82) is 0 Å². The Morgan fingerprint density at radius 3 is 2.66 bits per heavy atom. The highest BCUT2D eigenvalue weighted by Crippen LogP contribution is 2.21. The minimum Gasteiger partial charge on any atom is -0.378 e. The number of aromatic nitrogens is 4. The number of morpholine rings is 1. The van der Waals surface area contributed by atoms with Gasteiger partial charge in [0.15, 0.2) is 0 Å². The standard InChI is InChI=1S/C25H31N7O2S/c33-23(27-22-10-4-5-11-26-22)21-9-6-12-29(18-21)19-32-25(35)31(17-20-7-2-1-3-8-20)24(28-32)30-13-15-34-16-14-30/h1-5,7-8,10-11,21H,6,9,12-19H2,(H,26,27,33). The molecule has 0 spiro atoms. The second kappa shape index (κ2) is 11.1. The largest absolute Gasteiger partial charge is 0.378 e. The number of carbonyl (C=O) groups excluding carboxylic acids is 1. The number of hydrogen-bond acceptors (Lipinski definition) is 7. The molecule has 0 bridgehead atoms. The third-order valence-corrected chi connectivity index (χ3v) is 6.94. The lowest BCUT2D eigenvalue weighted by Gasteiger charge is -2.31. The molecule has 2 aromatic heterocycles. The van der Waals surface area contributed by atoms with E-state index in [1.54, 1.807) is 6.20 Å². The van der Waals surface area contributed by atoms with E-state index in [0.29, 0.717) is 43.6 Å². The molecule has 0 saturated carbocycles. The quantitative estimate of drug-likeness (QED) is 0.507. The lowest BCUT2D eigenvalue weighted by Crippen LogP contribution is -2.41. The predicted octanol–water partition coefficient (Wildman–Crippen LogP) is 3.00. The van der Waals surface area contributed by atoms with E-state index in [2.05, 4.69) is 36.8 Å². The molecule has 35 heavy (non-hydrogen) atoms. The zero-order valence-corrected chi connectivity index (χ0v) is 20.6. The molecular formula is C25H31N7O2S. The summed E-state index contributed by atoms with van der Waals surface area (Å²) in [7, 11) is 0. The molecule has 4 heterocycles. The van der Waals surface area contributed by atoms with Gasteiger partial charge in [-0.2, -0.15) is 0 Å². The van der Waals surface area contributed by atoms with Gasteiger partial charge in [0.05, 0.1) is 32.3 Å². The number of nitrogens with one attached hydrogen (secondary N) is 1. The molecule has 1 amide bonds. The molecule has 2 aliphatic rings. The molecule has 10 heteroatoms. The van der Waals surface area contributed by atoms with Gasteiger partial charge in [0.25, 0.3) is 0 Å². The van der Waals surface area contributed by atoms with Crippen LogP contribution in [0.3, 0.4) is 0 Å². The fourth-order valence-corrected chi connectivity index (χ4v) is 4.92. The topological polar surface area (TPSA) is 80.5 Å². The zero-order valence-electron chi connectivity index (χ0n) is 19.8. The van der Waals surface area contributed by atoms with Crippen LogP contribution >= 0.6 is 12.2 Å². The molecule has 184 valence electrons. The number of nitrogens with zero attached hydrogens (tertiary/aromatic N) is 6. The number of anilines is 2. The van der Waals surface area contributed by atoms with Gasteiger partial charge in [-0.05, 0) is 49.3 Å². The Hall–Kier alpha value is -3.08. The fourth-order valence-electron chi connectivity index (χ4n) is 4.68. The summed E-state index contributed by atoms with van der Waals surface area (Å²) in [5, 5.41) is 7.90. The molecule has 1 unspecified atom stereocenters. The van der Waals surface area contributed by atoms with E-state index >= 15 is 0 Å². The number of pyridine rings is 1. The Bertz CT molecular complexity index is 1180. The maximum atomic E-state index is 12.9. The molecule has 1 atom stereocenters. The number of ether oxygens (including phenoxy) is 1. The average molecular weight is 494 g/mol. The van der Waals surface area contributed by atoms with Crippen LogP contribution in [0.1, 0.15) is 18.4 Å². The third-order valence-electron chi connectivity index (χ3n) is 6.51. The molecule has 5 rings (SSSR count). The van der Waals surface area contributed by atoms with Crippen molar-refractivity contribution in [2.75, 3.05) is 49.6 Å². The summed E-state index contributed by atoms with van der Waals surface area (Å²) in [6.07, 6.45) is 3.50. The van der Waals surface area contributed by atoms with Crippen LogP contribution in [-0.4, -0.2) is 69.5 Å². The Labute approximate surface area is 210 Å². The molecule has 2 fully saturated rings. The molecule has 3 aromatic rings. The second-order valence-electron chi connectivity index (χ2n) is 9.02. The minimum absolute atomic E-state index is 0.0145. The third kappa shape index (κ3) is 5.77. The molecule has 1 aromatic carbocycles. The van der Waals surface area contributed by atoms with E-state index in [0.717, 1.165) is 38.4 Å². The van der Waals surface area contributed by atoms with Crippen molar-refractivity contribution < 1.29 is 9.53 Å². The smallest absolute Gasteiger partial charge is 0.229 e. The number of piperidine rings is 1. The molecule has 2 aliphatic heterocycles. The summed E-state index contributed by atoms with van der Waals surface area (Å²) in [4.78, 5) is 21.6. The van der Waals surface area contributed by atoms with Gasteiger partial charge in [-0.25, -0.2) is 9.67 Å². The monoisotopic (exact) mass is 493 g/mol. The normalized spacial score (nSPS) is 19.0. The van der Waals surface area contributed by atoms with Crippen molar-refractivity contribution in [1.82, 2.24) is 24.2 Å². The van der Waals surface area contributed by atoms with E-state index in [-0.39, 0.29) is 11.8 Å². The van der Waals surface area contributed by atoms with Gasteiger partial charge < -0.3 is 15.0 Å². The highest BCUT2D eigenvalue weighted by atomic mass is 32.1. The van der Waals surface area contributed by atoms with Crippen LogP contribution in [0.15, 0.2) is 54.7 Å². The lowest BCUT2D eigenvalue weighted by molar-refractivity contribution is -0.121. The van der Waals surface area contributed by atoms with Gasteiger partial charge in [0.2, 0.25) is 16.6 Å². The first-order valence-corrected chi connectivity index (χ1v) is 12.6. The van der Waals surface area contributed by atoms with Gasteiger partial charge in [0, 0.05) is 25.8 Å². The lowest BCUT2D eigenvalue weighted by atomic mass is 9.97. The van der Waals surface area contributed by atoms with Crippen molar-refractivity contribution in [3.8, 4) is 0 Å². The van der Waals surface area contributed by atoms with E-state index < -0.39 is 0 Å².